The zero-order valence-electron chi connectivity index (χ0n) is 18.3. The molecule has 0 aliphatic carbocycles. The molecule has 8 heteroatoms. The van der Waals surface area contributed by atoms with Crippen molar-refractivity contribution in [3.8, 4) is 11.5 Å². The van der Waals surface area contributed by atoms with Crippen LogP contribution in [-0.4, -0.2) is 33.9 Å². The molecule has 0 radical (unpaired) electrons. The molecule has 1 saturated heterocycles. The number of thioether (sulfide) groups is 1. The molecule has 3 aromatic carbocycles. The van der Waals surface area contributed by atoms with E-state index in [-0.39, 0.29) is 25.0 Å². The molecule has 1 N–H and O–H groups in total. The lowest BCUT2D eigenvalue weighted by Crippen LogP contribution is -2.34. The van der Waals surface area contributed by atoms with Gasteiger partial charge in [-0.2, -0.15) is 0 Å². The number of hydrogen-bond acceptors (Lipinski definition) is 6. The molecule has 7 nitrogen and oxygen atoms in total. The largest absolute Gasteiger partial charge is 0.454 e. The number of ether oxygens (including phenoxy) is 2. The van der Waals surface area contributed by atoms with Crippen LogP contribution in [0.3, 0.4) is 0 Å². The molecular weight excluding hydrogens is 450 g/mol. The Hall–Kier alpha value is -3.78. The van der Waals surface area contributed by atoms with E-state index in [1.54, 1.807) is 4.90 Å². The smallest absolute Gasteiger partial charge is 0.242 e. The highest BCUT2D eigenvalue weighted by Crippen LogP contribution is 2.36. The molecule has 34 heavy (non-hydrogen) atoms. The first-order valence-electron chi connectivity index (χ1n) is 11.0. The van der Waals surface area contributed by atoms with Gasteiger partial charge in [-0.05, 0) is 35.4 Å². The van der Waals surface area contributed by atoms with Crippen molar-refractivity contribution < 1.29 is 19.1 Å². The molecule has 2 aliphatic rings. The maximum Gasteiger partial charge on any atom is 0.242 e. The molecule has 3 aromatic rings. The molecule has 2 heterocycles. The normalized spacial score (nSPS) is 17.9. The van der Waals surface area contributed by atoms with E-state index in [1.165, 1.54) is 11.8 Å². The predicted molar refractivity (Wildman–Crippen MR) is 131 cm³/mol. The number of para-hydroxylation sites is 1. The van der Waals surface area contributed by atoms with Crippen LogP contribution >= 0.6 is 11.8 Å². The quantitative estimate of drug-likeness (QED) is 0.555. The average molecular weight is 474 g/mol. The van der Waals surface area contributed by atoms with Gasteiger partial charge in [0.1, 0.15) is 5.25 Å². The topological polar surface area (TPSA) is 80.2 Å². The third kappa shape index (κ3) is 5.07. The summed E-state index contributed by atoms with van der Waals surface area (Å²) in [7, 11) is 0. The lowest BCUT2D eigenvalue weighted by molar-refractivity contribution is -0.129. The van der Waals surface area contributed by atoms with Gasteiger partial charge >= 0.3 is 0 Å². The van der Waals surface area contributed by atoms with Gasteiger partial charge in [-0.3, -0.25) is 14.5 Å². The summed E-state index contributed by atoms with van der Waals surface area (Å²) in [4.78, 5) is 32.3. The fourth-order valence-corrected chi connectivity index (χ4v) is 4.90. The van der Waals surface area contributed by atoms with E-state index in [4.69, 9.17) is 14.5 Å². The molecule has 1 unspecified atom stereocenters. The Morgan fingerprint density at radius 3 is 2.50 bits per heavy atom. The van der Waals surface area contributed by atoms with Crippen LogP contribution in [0.15, 0.2) is 83.9 Å². The van der Waals surface area contributed by atoms with Crippen molar-refractivity contribution in [3.05, 3.63) is 90.0 Å². The highest BCUT2D eigenvalue weighted by molar-refractivity contribution is 8.15. The summed E-state index contributed by atoms with van der Waals surface area (Å²) in [6.45, 7) is 0.950. The number of hydrogen-bond donors (Lipinski definition) is 1. The highest BCUT2D eigenvalue weighted by Gasteiger charge is 2.39. The van der Waals surface area contributed by atoms with Crippen LogP contribution in [0.25, 0.3) is 0 Å². The Balaban J connectivity index is 1.32. The Labute approximate surface area is 201 Å². The first kappa shape index (κ1) is 22.0. The summed E-state index contributed by atoms with van der Waals surface area (Å²) in [5.41, 5.74) is 2.66. The van der Waals surface area contributed by atoms with Crippen molar-refractivity contribution >= 4 is 34.4 Å². The van der Waals surface area contributed by atoms with Gasteiger partial charge in [0.05, 0.1) is 12.2 Å². The number of nitrogens with zero attached hydrogens (tertiary/aromatic N) is 2. The van der Waals surface area contributed by atoms with Gasteiger partial charge in [-0.1, -0.05) is 66.4 Å². The minimum Gasteiger partial charge on any atom is -0.454 e. The molecule has 1 atom stereocenters. The molecular formula is C26H23N3O4S. The minimum atomic E-state index is -0.535. The summed E-state index contributed by atoms with van der Waals surface area (Å²) < 4.78 is 10.9. The number of amidine groups is 1. The van der Waals surface area contributed by atoms with Crippen molar-refractivity contribution in [2.45, 2.75) is 24.8 Å². The number of carbonyl (C=O) groups excluding carboxylic acids is 2. The molecule has 2 aliphatic heterocycles. The second kappa shape index (κ2) is 10.0. The molecule has 172 valence electrons. The van der Waals surface area contributed by atoms with Crippen LogP contribution in [0.4, 0.5) is 5.69 Å². The SMILES string of the molecule is O=C(CC1SC(=Nc2ccccc2)N(Cc2ccc3c(c2)OCO3)C1=O)NCc1ccccc1. The summed E-state index contributed by atoms with van der Waals surface area (Å²) >= 11 is 1.33. The van der Waals surface area contributed by atoms with Crippen molar-refractivity contribution in [2.24, 2.45) is 4.99 Å². The zero-order chi connectivity index (χ0) is 23.3. The van der Waals surface area contributed by atoms with Crippen molar-refractivity contribution in [1.29, 1.82) is 0 Å². The fourth-order valence-electron chi connectivity index (χ4n) is 3.74. The van der Waals surface area contributed by atoms with Gasteiger partial charge in [-0.15, -0.1) is 0 Å². The molecule has 0 saturated carbocycles. The van der Waals surface area contributed by atoms with E-state index in [2.05, 4.69) is 5.32 Å². The lowest BCUT2D eigenvalue weighted by atomic mass is 10.1. The highest BCUT2D eigenvalue weighted by atomic mass is 32.2. The standard InChI is InChI=1S/C26H23N3O4S/c30-24(27-15-18-7-3-1-4-8-18)14-23-25(31)29(26(34-23)28-20-9-5-2-6-10-20)16-19-11-12-21-22(13-19)33-17-32-21/h1-13,23H,14-17H2,(H,27,30). The number of aliphatic imine (C=N–C) groups is 1. The number of benzene rings is 3. The van der Waals surface area contributed by atoms with E-state index in [9.17, 15) is 9.59 Å². The van der Waals surface area contributed by atoms with Gasteiger partial charge in [0.25, 0.3) is 0 Å². The molecule has 0 spiro atoms. The second-order valence-corrected chi connectivity index (χ2v) is 9.08. The van der Waals surface area contributed by atoms with E-state index in [0.717, 1.165) is 16.8 Å². The summed E-state index contributed by atoms with van der Waals surface area (Å²) in [6.07, 6.45) is 0.0851. The number of carbonyl (C=O) groups is 2. The fraction of sp³-hybridized carbons (Fsp3) is 0.192. The third-order valence-electron chi connectivity index (χ3n) is 5.48. The number of nitrogens with one attached hydrogen (secondary N) is 1. The van der Waals surface area contributed by atoms with Crippen molar-refractivity contribution in [2.75, 3.05) is 6.79 Å². The first-order chi connectivity index (χ1) is 16.7. The average Bonchev–Trinajstić information content (AvgIpc) is 3.44. The monoisotopic (exact) mass is 473 g/mol. The van der Waals surface area contributed by atoms with E-state index in [0.29, 0.717) is 29.8 Å². The van der Waals surface area contributed by atoms with Gasteiger partial charge < -0.3 is 14.8 Å². The zero-order valence-corrected chi connectivity index (χ0v) is 19.2. The summed E-state index contributed by atoms with van der Waals surface area (Å²) in [5, 5.41) is 2.95. The molecule has 1 fully saturated rings. The maximum atomic E-state index is 13.3. The van der Waals surface area contributed by atoms with Crippen molar-refractivity contribution in [3.63, 3.8) is 0 Å². The van der Waals surface area contributed by atoms with Gasteiger partial charge in [-0.25, -0.2) is 4.99 Å². The van der Waals surface area contributed by atoms with E-state index in [1.807, 2.05) is 78.9 Å². The van der Waals surface area contributed by atoms with Crippen LogP contribution in [0.5, 0.6) is 11.5 Å². The number of amides is 2. The molecule has 0 bridgehead atoms. The molecule has 2 amide bonds. The Kier molecular flexibility index (Phi) is 6.49. The third-order valence-corrected chi connectivity index (χ3v) is 6.66. The Morgan fingerprint density at radius 1 is 0.971 bits per heavy atom. The molecule has 5 rings (SSSR count). The van der Waals surface area contributed by atoms with Gasteiger partial charge in [0, 0.05) is 13.0 Å². The Morgan fingerprint density at radius 2 is 1.71 bits per heavy atom. The van der Waals surface area contributed by atoms with Gasteiger partial charge in [0.2, 0.25) is 18.6 Å². The van der Waals surface area contributed by atoms with Crippen molar-refractivity contribution in [1.82, 2.24) is 10.2 Å². The number of fused-ring (bicyclic) bond motifs is 1. The maximum absolute atomic E-state index is 13.3. The lowest BCUT2D eigenvalue weighted by Gasteiger charge is -2.17. The predicted octanol–water partition coefficient (Wildman–Crippen LogP) is 4.25. The minimum absolute atomic E-state index is 0.0851. The van der Waals surface area contributed by atoms with E-state index >= 15 is 0 Å². The first-order valence-corrected chi connectivity index (χ1v) is 11.8. The van der Waals surface area contributed by atoms with Crippen LogP contribution in [0.2, 0.25) is 0 Å². The van der Waals surface area contributed by atoms with Crippen LogP contribution in [0.1, 0.15) is 17.5 Å². The summed E-state index contributed by atoms with van der Waals surface area (Å²) in [6, 6.07) is 24.8. The summed E-state index contributed by atoms with van der Waals surface area (Å²) in [5.74, 6) is 1.05. The second-order valence-electron chi connectivity index (χ2n) is 7.91. The molecule has 0 aromatic heterocycles. The van der Waals surface area contributed by atoms with Crippen LogP contribution < -0.4 is 14.8 Å². The van der Waals surface area contributed by atoms with Gasteiger partial charge in [0.15, 0.2) is 16.7 Å². The Bertz CT molecular complexity index is 1220. The van der Waals surface area contributed by atoms with E-state index < -0.39 is 5.25 Å². The van der Waals surface area contributed by atoms with Crippen LogP contribution in [0, 0.1) is 0 Å². The van der Waals surface area contributed by atoms with Crippen LogP contribution in [-0.2, 0) is 22.7 Å². The number of rotatable bonds is 7.